The maximum Gasteiger partial charge on any atom is 0.287 e. The minimum atomic E-state index is -2.47. The van der Waals surface area contributed by atoms with Crippen molar-refractivity contribution in [1.29, 1.82) is 0 Å². The first kappa shape index (κ1) is 13.0. The Labute approximate surface area is 117 Å². The first-order valence-electron chi connectivity index (χ1n) is 6.04. The summed E-state index contributed by atoms with van der Waals surface area (Å²) in [4.78, 5) is 37.3. The van der Waals surface area contributed by atoms with Crippen LogP contribution in [0.4, 0.5) is 9.39 Å². The van der Waals surface area contributed by atoms with E-state index in [1.54, 1.807) is 5.38 Å². The van der Waals surface area contributed by atoms with E-state index in [0.29, 0.717) is 16.1 Å². The Kier molecular flexibility index (Phi) is 2.62. The number of amides is 3. The number of alkyl halides is 1. The number of nitrogen functional groups attached to an aromatic ring is 1. The Balaban J connectivity index is 1.96. The van der Waals surface area contributed by atoms with Gasteiger partial charge in [-0.2, -0.15) is 0 Å². The van der Waals surface area contributed by atoms with Crippen LogP contribution in [0.25, 0.3) is 0 Å². The summed E-state index contributed by atoms with van der Waals surface area (Å²) in [6.07, 6.45) is -0.417. The number of piperidine rings is 1. The molecular weight excluding hydrogens is 285 g/mol. The van der Waals surface area contributed by atoms with Gasteiger partial charge in [-0.05, 0) is 0 Å². The van der Waals surface area contributed by atoms with E-state index in [2.05, 4.69) is 0 Å². The van der Waals surface area contributed by atoms with Gasteiger partial charge in [0.25, 0.3) is 17.6 Å². The largest absolute Gasteiger partial charge is 0.390 e. The molecule has 0 spiro atoms. The van der Waals surface area contributed by atoms with Gasteiger partial charge in [0.15, 0.2) is 0 Å². The smallest absolute Gasteiger partial charge is 0.287 e. The third kappa shape index (κ3) is 1.51. The minimum absolute atomic E-state index is 0.0340. The number of rotatable bonds is 1. The number of thiophene rings is 1. The number of likely N-dealkylation sites (tertiary alicyclic amines) is 1. The molecule has 20 heavy (non-hydrogen) atoms. The number of anilines is 1. The molecule has 2 aliphatic heterocycles. The summed E-state index contributed by atoms with van der Waals surface area (Å²) in [7, 11) is 1.22. The van der Waals surface area contributed by atoms with Crippen LogP contribution in [-0.2, 0) is 16.1 Å². The number of carbonyl (C=O) groups is 3. The van der Waals surface area contributed by atoms with Crippen molar-refractivity contribution in [3.8, 4) is 0 Å². The number of hydrogen-bond donors (Lipinski definition) is 1. The highest BCUT2D eigenvalue weighted by Gasteiger charge is 2.55. The van der Waals surface area contributed by atoms with Crippen molar-refractivity contribution in [2.45, 2.75) is 25.2 Å². The van der Waals surface area contributed by atoms with Crippen LogP contribution < -0.4 is 5.73 Å². The number of nitrogens with two attached hydrogens (primary N) is 1. The van der Waals surface area contributed by atoms with Crippen LogP contribution in [0, 0.1) is 0 Å². The van der Waals surface area contributed by atoms with Crippen molar-refractivity contribution in [1.82, 2.24) is 9.80 Å². The molecule has 0 saturated carbocycles. The first-order valence-corrected chi connectivity index (χ1v) is 6.92. The molecule has 106 valence electrons. The summed E-state index contributed by atoms with van der Waals surface area (Å²) in [6.45, 7) is -0.0340. The second-order valence-electron chi connectivity index (χ2n) is 4.90. The summed E-state index contributed by atoms with van der Waals surface area (Å²) in [6, 6.07) is 0. The Bertz CT molecular complexity index is 644. The molecule has 3 amide bonds. The summed E-state index contributed by atoms with van der Waals surface area (Å²) in [5.74, 6) is -4.45. The summed E-state index contributed by atoms with van der Waals surface area (Å²) >= 11 is 1.22. The lowest BCUT2D eigenvalue weighted by molar-refractivity contribution is -0.168. The molecule has 2 aliphatic rings. The number of nitrogens with zero attached hydrogens (tertiary/aromatic N) is 2. The molecule has 0 radical (unpaired) electrons. The maximum atomic E-state index is 15.0. The Morgan fingerprint density at radius 1 is 1.40 bits per heavy atom. The van der Waals surface area contributed by atoms with Crippen molar-refractivity contribution in [2.24, 2.45) is 0 Å². The summed E-state index contributed by atoms with van der Waals surface area (Å²) in [5.41, 5.74) is 6.64. The van der Waals surface area contributed by atoms with Gasteiger partial charge in [-0.1, -0.05) is 0 Å². The Morgan fingerprint density at radius 2 is 2.10 bits per heavy atom. The van der Waals surface area contributed by atoms with Crippen molar-refractivity contribution >= 4 is 34.1 Å². The molecule has 3 heterocycles. The van der Waals surface area contributed by atoms with E-state index < -0.39 is 23.5 Å². The molecule has 1 unspecified atom stereocenters. The van der Waals surface area contributed by atoms with Crippen molar-refractivity contribution in [3.63, 3.8) is 0 Å². The van der Waals surface area contributed by atoms with Gasteiger partial charge in [0, 0.05) is 30.8 Å². The predicted molar refractivity (Wildman–Crippen MR) is 69.5 cm³/mol. The molecule has 0 bridgehead atoms. The van der Waals surface area contributed by atoms with Gasteiger partial charge in [0.2, 0.25) is 5.91 Å². The quantitative estimate of drug-likeness (QED) is 0.612. The Hall–Kier alpha value is -1.96. The minimum Gasteiger partial charge on any atom is -0.390 e. The van der Waals surface area contributed by atoms with Crippen molar-refractivity contribution in [2.75, 3.05) is 12.8 Å². The Morgan fingerprint density at radius 3 is 2.75 bits per heavy atom. The van der Waals surface area contributed by atoms with E-state index in [4.69, 9.17) is 5.73 Å². The molecule has 1 atom stereocenters. The first-order chi connectivity index (χ1) is 9.36. The highest BCUT2D eigenvalue weighted by Crippen LogP contribution is 2.40. The average Bonchev–Trinajstić information content (AvgIpc) is 2.94. The fourth-order valence-corrected chi connectivity index (χ4v) is 3.37. The van der Waals surface area contributed by atoms with Crippen LogP contribution in [0.3, 0.4) is 0 Å². The van der Waals surface area contributed by atoms with Crippen LogP contribution in [0.15, 0.2) is 5.38 Å². The molecule has 1 aromatic heterocycles. The molecule has 3 rings (SSSR count). The van der Waals surface area contributed by atoms with E-state index in [-0.39, 0.29) is 19.4 Å². The fraction of sp³-hybridized carbons (Fsp3) is 0.417. The molecular formula is C12H12FN3O3S. The van der Waals surface area contributed by atoms with E-state index in [0.717, 1.165) is 9.80 Å². The molecule has 8 heteroatoms. The number of likely N-dealkylation sites (N-methyl/N-ethyl adjacent to an activating group) is 1. The highest BCUT2D eigenvalue weighted by molar-refractivity contribution is 7.14. The molecule has 1 saturated heterocycles. The van der Waals surface area contributed by atoms with Gasteiger partial charge < -0.3 is 5.73 Å². The number of fused-ring (bicyclic) bond motifs is 1. The number of hydrogen-bond acceptors (Lipinski definition) is 5. The third-order valence-electron chi connectivity index (χ3n) is 3.82. The number of carbonyl (C=O) groups excluding carboxylic acids is 3. The van der Waals surface area contributed by atoms with E-state index in [1.807, 2.05) is 0 Å². The van der Waals surface area contributed by atoms with Crippen LogP contribution in [0.2, 0.25) is 0 Å². The highest BCUT2D eigenvalue weighted by atomic mass is 32.1. The van der Waals surface area contributed by atoms with Gasteiger partial charge >= 0.3 is 0 Å². The van der Waals surface area contributed by atoms with Gasteiger partial charge in [0.1, 0.15) is 0 Å². The molecule has 0 aromatic carbocycles. The molecule has 2 N–H and O–H groups in total. The molecule has 0 aliphatic carbocycles. The second-order valence-corrected chi connectivity index (χ2v) is 5.81. The number of halogens is 1. The van der Waals surface area contributed by atoms with Crippen molar-refractivity contribution in [3.05, 3.63) is 16.5 Å². The van der Waals surface area contributed by atoms with E-state index in [1.165, 1.54) is 18.4 Å². The zero-order chi connectivity index (χ0) is 14.7. The summed E-state index contributed by atoms with van der Waals surface area (Å²) < 4.78 is 15.0. The van der Waals surface area contributed by atoms with E-state index in [9.17, 15) is 14.4 Å². The molecule has 1 fully saturated rings. The SMILES string of the molecule is CN1C(=O)CCC(F)(N2Cc3c(csc3N)C2=O)C1=O. The van der Waals surface area contributed by atoms with E-state index >= 15 is 4.39 Å². The predicted octanol–water partition coefficient (Wildman–Crippen LogP) is 0.731. The second kappa shape index (κ2) is 4.02. The third-order valence-corrected chi connectivity index (χ3v) is 4.68. The number of imide groups is 1. The lowest BCUT2D eigenvalue weighted by atomic mass is 10.00. The zero-order valence-electron chi connectivity index (χ0n) is 10.7. The normalized spacial score (nSPS) is 26.4. The van der Waals surface area contributed by atoms with Crippen LogP contribution >= 0.6 is 11.3 Å². The van der Waals surface area contributed by atoms with Crippen LogP contribution in [-0.4, -0.2) is 40.4 Å². The zero-order valence-corrected chi connectivity index (χ0v) is 11.5. The lowest BCUT2D eigenvalue weighted by Crippen LogP contribution is -2.60. The average molecular weight is 297 g/mol. The standard InChI is InChI=1S/C12H12FN3O3S/c1-15-8(17)2-3-12(13,11(15)19)16-4-6-7(10(16)18)5-20-9(6)14/h5H,2-4,14H2,1H3. The van der Waals surface area contributed by atoms with Gasteiger partial charge in [-0.3, -0.25) is 24.2 Å². The fourth-order valence-electron chi connectivity index (χ4n) is 2.57. The van der Waals surface area contributed by atoms with Gasteiger partial charge in [-0.15, -0.1) is 11.3 Å². The van der Waals surface area contributed by atoms with Crippen LogP contribution in [0.5, 0.6) is 0 Å². The van der Waals surface area contributed by atoms with Crippen molar-refractivity contribution < 1.29 is 18.8 Å². The van der Waals surface area contributed by atoms with Gasteiger partial charge in [-0.25, -0.2) is 4.39 Å². The maximum absolute atomic E-state index is 15.0. The molecule has 1 aromatic rings. The van der Waals surface area contributed by atoms with Crippen LogP contribution in [0.1, 0.15) is 28.8 Å². The topological polar surface area (TPSA) is 83.7 Å². The monoisotopic (exact) mass is 297 g/mol. The van der Waals surface area contributed by atoms with Gasteiger partial charge in [0.05, 0.1) is 17.1 Å². The lowest BCUT2D eigenvalue weighted by Gasteiger charge is -2.38. The summed E-state index contributed by atoms with van der Waals surface area (Å²) in [5, 5.41) is 2.02. The molecule has 6 nitrogen and oxygen atoms in total.